The van der Waals surface area contributed by atoms with Crippen LogP contribution in [0.15, 0.2) is 0 Å². The summed E-state index contributed by atoms with van der Waals surface area (Å²) < 4.78 is 0. The van der Waals surface area contributed by atoms with Crippen molar-refractivity contribution < 1.29 is 77.8 Å². The van der Waals surface area contributed by atoms with E-state index in [9.17, 15) is 14.4 Å². The van der Waals surface area contributed by atoms with E-state index in [-0.39, 0.29) is 48.1 Å². The molecule has 0 aromatic carbocycles. The zero-order valence-corrected chi connectivity index (χ0v) is 11.1. The molecule has 0 aromatic heterocycles. The van der Waals surface area contributed by atoms with Crippen LogP contribution < -0.4 is 29.6 Å². The molecule has 0 aliphatic rings. The Morgan fingerprint density at radius 2 is 1.07 bits per heavy atom. The zero-order chi connectivity index (χ0) is 10.4. The van der Waals surface area contributed by atoms with Gasteiger partial charge >= 0.3 is 47.5 Å². The third kappa shape index (κ3) is 13.9. The van der Waals surface area contributed by atoms with Crippen molar-refractivity contribution in [3.05, 3.63) is 0 Å². The predicted octanol–water partition coefficient (Wildman–Crippen LogP) is -4.34. The third-order valence-electron chi connectivity index (χ3n) is 1.08. The first-order valence-electron chi connectivity index (χ1n) is 3.29. The summed E-state index contributed by atoms with van der Waals surface area (Å²) in [5.41, 5.74) is 0. The molecule has 7 nitrogen and oxygen atoms in total. The molecule has 0 rings (SSSR count). The molecule has 0 saturated heterocycles. The van der Waals surface area contributed by atoms with E-state index >= 15 is 0 Å². The Bertz CT molecular complexity index is 203. The largest absolute Gasteiger partial charge is 1.00 e. The second-order valence-electron chi connectivity index (χ2n) is 2.33. The van der Waals surface area contributed by atoms with Gasteiger partial charge < -0.3 is 16.7 Å². The molecule has 0 aliphatic heterocycles. The van der Waals surface area contributed by atoms with Crippen LogP contribution in [0.2, 0.25) is 0 Å². The van der Waals surface area contributed by atoms with E-state index in [4.69, 9.17) is 15.3 Å². The van der Waals surface area contributed by atoms with E-state index in [0.717, 1.165) is 4.90 Å². The van der Waals surface area contributed by atoms with Gasteiger partial charge in [0.05, 0.1) is 19.6 Å². The van der Waals surface area contributed by atoms with Gasteiger partial charge in [0.25, 0.3) is 0 Å². The normalized spacial score (nSPS) is 8.60. The van der Waals surface area contributed by atoms with Crippen LogP contribution in [0, 0.1) is 0 Å². The summed E-state index contributed by atoms with van der Waals surface area (Å²) in [6, 6.07) is 0. The van der Waals surface area contributed by atoms with Crippen molar-refractivity contribution in [2.45, 2.75) is 0 Å². The number of hydrogen-bond donors (Lipinski definition) is 3. The van der Waals surface area contributed by atoms with E-state index in [2.05, 4.69) is 0 Å². The van der Waals surface area contributed by atoms with Gasteiger partial charge in [-0.2, -0.15) is 0 Å². The molecule has 0 aromatic rings. The van der Waals surface area contributed by atoms with Crippen LogP contribution in [0.25, 0.3) is 0 Å². The molecule has 84 valence electrons. The molecule has 0 fully saturated rings. The minimum Gasteiger partial charge on any atom is -1.00 e. The van der Waals surface area contributed by atoms with E-state index in [1.165, 1.54) is 0 Å². The van der Waals surface area contributed by atoms with E-state index < -0.39 is 37.5 Å². The van der Waals surface area contributed by atoms with Crippen molar-refractivity contribution in [3.63, 3.8) is 0 Å². The molecule has 9 heteroatoms. The van der Waals surface area contributed by atoms with Crippen molar-refractivity contribution in [2.75, 3.05) is 19.6 Å². The second kappa shape index (κ2) is 10.4. The maximum absolute atomic E-state index is 10.1. The van der Waals surface area contributed by atoms with Crippen LogP contribution in [0.1, 0.15) is 1.43 Å². The number of hydrogen-bond acceptors (Lipinski definition) is 4. The first-order valence-corrected chi connectivity index (χ1v) is 3.29. The van der Waals surface area contributed by atoms with Crippen LogP contribution in [0.4, 0.5) is 0 Å². The number of carbonyl (C=O) groups is 3. The van der Waals surface area contributed by atoms with Gasteiger partial charge in [-0.15, -0.1) is 0 Å². The Hall–Kier alpha value is -0.111. The summed E-state index contributed by atoms with van der Waals surface area (Å²) in [6.45, 7) is -1.80. The summed E-state index contributed by atoms with van der Waals surface area (Å²) in [4.78, 5) is 31.2. The van der Waals surface area contributed by atoms with Crippen molar-refractivity contribution in [1.82, 2.24) is 4.90 Å². The minimum absolute atomic E-state index is 0. The van der Waals surface area contributed by atoms with Crippen molar-refractivity contribution in [1.29, 1.82) is 0 Å². The Morgan fingerprint density at radius 3 is 1.20 bits per heavy atom. The minimum atomic E-state index is -1.26. The van der Waals surface area contributed by atoms with Crippen LogP contribution in [-0.4, -0.2) is 57.8 Å². The number of carboxylic acid groups (broad SMARTS) is 3. The maximum atomic E-state index is 10.1. The molecule has 15 heavy (non-hydrogen) atoms. The molecule has 0 saturated carbocycles. The summed E-state index contributed by atoms with van der Waals surface area (Å²) in [5.74, 6) is -3.78. The second-order valence-corrected chi connectivity index (χ2v) is 2.33. The van der Waals surface area contributed by atoms with Gasteiger partial charge in [-0.1, -0.05) is 0 Å². The molecule has 3 N–H and O–H groups in total. The average Bonchev–Trinajstić information content (AvgIpc) is 1.80. The number of rotatable bonds is 6. The van der Waals surface area contributed by atoms with Crippen LogP contribution >= 0.6 is 0 Å². The quantitative estimate of drug-likeness (QED) is 0.418. The van der Waals surface area contributed by atoms with E-state index in [1.54, 1.807) is 0 Å². The zero-order valence-electron chi connectivity index (χ0n) is 8.99. The van der Waals surface area contributed by atoms with Gasteiger partial charge in [0.1, 0.15) is 0 Å². The third-order valence-corrected chi connectivity index (χ3v) is 1.08. The molecule has 0 aliphatic carbocycles. The van der Waals surface area contributed by atoms with E-state index in [1.807, 2.05) is 0 Å². The van der Waals surface area contributed by atoms with Crippen LogP contribution in [0.3, 0.4) is 0 Å². The predicted molar refractivity (Wildman–Crippen MR) is 40.5 cm³/mol. The molecule has 0 heterocycles. The Morgan fingerprint density at radius 1 is 0.867 bits per heavy atom. The number of carboxylic acids is 3. The molecule has 0 radical (unpaired) electrons. The SMILES string of the molecule is O=C(O)CN(CC(=O)O)CC(=O)O.[Fe].[H-].[Na+]. The fourth-order valence-electron chi connectivity index (χ4n) is 0.742. The molecular formula is C6H10FeNNaO6. The average molecular weight is 271 g/mol. The molecular weight excluding hydrogens is 261 g/mol. The van der Waals surface area contributed by atoms with E-state index in [0.29, 0.717) is 0 Å². The van der Waals surface area contributed by atoms with Crippen LogP contribution in [-0.2, 0) is 31.5 Å². The number of aliphatic carboxylic acids is 3. The smallest absolute Gasteiger partial charge is 1.00 e. The van der Waals surface area contributed by atoms with Crippen molar-refractivity contribution >= 4 is 17.9 Å². The maximum Gasteiger partial charge on any atom is 1.00 e. The molecule has 0 bridgehead atoms. The summed E-state index contributed by atoms with van der Waals surface area (Å²) in [7, 11) is 0. The molecule has 0 amide bonds. The fourth-order valence-corrected chi connectivity index (χ4v) is 0.742. The van der Waals surface area contributed by atoms with Gasteiger partial charge in [0.15, 0.2) is 0 Å². The van der Waals surface area contributed by atoms with Gasteiger partial charge in [0.2, 0.25) is 0 Å². The Labute approximate surface area is 120 Å². The number of nitrogens with zero attached hydrogens (tertiary/aromatic N) is 1. The first kappa shape index (κ1) is 20.3. The van der Waals surface area contributed by atoms with Crippen molar-refractivity contribution in [3.8, 4) is 0 Å². The Kier molecular flexibility index (Phi) is 14.1. The Balaban J connectivity index is -0.000000240. The fraction of sp³-hybridized carbons (Fsp3) is 0.500. The molecule has 0 unspecified atom stereocenters. The monoisotopic (exact) mass is 271 g/mol. The molecule has 0 atom stereocenters. The van der Waals surface area contributed by atoms with Crippen LogP contribution in [0.5, 0.6) is 0 Å². The summed E-state index contributed by atoms with van der Waals surface area (Å²) in [5, 5.41) is 24.8. The van der Waals surface area contributed by atoms with Gasteiger partial charge in [-0.3, -0.25) is 19.3 Å². The van der Waals surface area contributed by atoms with Gasteiger partial charge in [-0.25, -0.2) is 0 Å². The topological polar surface area (TPSA) is 115 Å². The summed E-state index contributed by atoms with van der Waals surface area (Å²) >= 11 is 0. The molecule has 0 spiro atoms. The summed E-state index contributed by atoms with van der Waals surface area (Å²) in [6.07, 6.45) is 0. The van der Waals surface area contributed by atoms with Crippen molar-refractivity contribution in [2.24, 2.45) is 0 Å². The first-order chi connectivity index (χ1) is 5.91. The van der Waals surface area contributed by atoms with Gasteiger partial charge in [0, 0.05) is 17.1 Å². The standard InChI is InChI=1S/C6H9NO6.Fe.Na.H/c8-4(9)1-7(2-5(10)11)3-6(12)13;;;/h1-3H2,(H,8,9)(H,10,11)(H,12,13);;;/q;;+1;-1. The van der Waals surface area contributed by atoms with Gasteiger partial charge in [-0.05, 0) is 0 Å².